The first-order valence-electron chi connectivity index (χ1n) is 5.73. The zero-order chi connectivity index (χ0) is 13.5. The molecule has 104 valence electrons. The van der Waals surface area contributed by atoms with Crippen molar-refractivity contribution in [1.82, 2.24) is 4.90 Å². The van der Waals surface area contributed by atoms with Gasteiger partial charge in [0.05, 0.1) is 42.8 Å². The third kappa shape index (κ3) is 2.51. The predicted octanol–water partition coefficient (Wildman–Crippen LogP) is -1.82. The highest BCUT2D eigenvalue weighted by Gasteiger charge is 2.45. The molecule has 4 atom stereocenters. The summed E-state index contributed by atoms with van der Waals surface area (Å²) < 4.78 is 28.0. The molecule has 2 rings (SSSR count). The fourth-order valence-corrected chi connectivity index (χ4v) is 4.48. The molecular weight excluding hydrogens is 262 g/mol. The SMILES string of the molecule is CN(C1CS(=O)(=O)CC1O)C1COCC1C(=O)O. The van der Waals surface area contributed by atoms with E-state index in [9.17, 15) is 18.3 Å². The lowest BCUT2D eigenvalue weighted by molar-refractivity contribution is -0.143. The minimum absolute atomic E-state index is 0.125. The van der Waals surface area contributed by atoms with Gasteiger partial charge in [0.1, 0.15) is 0 Å². The Bertz CT molecular complexity index is 436. The third-order valence-corrected chi connectivity index (χ3v) is 5.41. The number of hydrogen-bond acceptors (Lipinski definition) is 6. The molecule has 18 heavy (non-hydrogen) atoms. The van der Waals surface area contributed by atoms with Gasteiger partial charge in [-0.2, -0.15) is 0 Å². The maximum absolute atomic E-state index is 11.5. The van der Waals surface area contributed by atoms with Crippen molar-refractivity contribution in [2.75, 3.05) is 31.8 Å². The lowest BCUT2D eigenvalue weighted by Crippen LogP contribution is -2.50. The highest BCUT2D eigenvalue weighted by molar-refractivity contribution is 7.91. The molecule has 7 nitrogen and oxygen atoms in total. The number of sulfone groups is 1. The van der Waals surface area contributed by atoms with Gasteiger partial charge >= 0.3 is 5.97 Å². The number of aliphatic carboxylic acids is 1. The summed E-state index contributed by atoms with van der Waals surface area (Å²) in [5, 5.41) is 18.8. The molecule has 0 bridgehead atoms. The van der Waals surface area contributed by atoms with Crippen LogP contribution in [0.25, 0.3) is 0 Å². The van der Waals surface area contributed by atoms with Crippen molar-refractivity contribution >= 4 is 15.8 Å². The van der Waals surface area contributed by atoms with Crippen molar-refractivity contribution in [3.63, 3.8) is 0 Å². The Morgan fingerprint density at radius 3 is 2.44 bits per heavy atom. The van der Waals surface area contributed by atoms with Gasteiger partial charge in [0.25, 0.3) is 0 Å². The van der Waals surface area contributed by atoms with Gasteiger partial charge in [-0.3, -0.25) is 9.69 Å². The van der Waals surface area contributed by atoms with Crippen molar-refractivity contribution < 1.29 is 28.2 Å². The quantitative estimate of drug-likeness (QED) is 0.626. The minimum Gasteiger partial charge on any atom is -0.481 e. The van der Waals surface area contributed by atoms with Crippen LogP contribution in [0, 0.1) is 5.92 Å². The number of hydrogen-bond donors (Lipinski definition) is 2. The van der Waals surface area contributed by atoms with Crippen molar-refractivity contribution in [3.05, 3.63) is 0 Å². The summed E-state index contributed by atoms with van der Waals surface area (Å²) in [6.07, 6.45) is -0.963. The number of carboxylic acids is 1. The summed E-state index contributed by atoms with van der Waals surface area (Å²) >= 11 is 0. The van der Waals surface area contributed by atoms with Gasteiger partial charge in [-0.15, -0.1) is 0 Å². The molecule has 2 aliphatic heterocycles. The Morgan fingerprint density at radius 1 is 1.28 bits per heavy atom. The molecule has 0 saturated carbocycles. The highest BCUT2D eigenvalue weighted by atomic mass is 32.2. The number of likely N-dealkylation sites (N-methyl/N-ethyl adjacent to an activating group) is 1. The van der Waals surface area contributed by atoms with Gasteiger partial charge in [0, 0.05) is 6.04 Å². The zero-order valence-electron chi connectivity index (χ0n) is 10.0. The van der Waals surface area contributed by atoms with Gasteiger partial charge in [-0.05, 0) is 7.05 Å². The van der Waals surface area contributed by atoms with Gasteiger partial charge in [0.2, 0.25) is 0 Å². The Labute approximate surface area is 105 Å². The van der Waals surface area contributed by atoms with E-state index in [4.69, 9.17) is 9.84 Å². The number of rotatable bonds is 3. The summed E-state index contributed by atoms with van der Waals surface area (Å²) in [7, 11) is -1.59. The molecular formula is C10H17NO6S. The first kappa shape index (κ1) is 13.7. The molecule has 0 aromatic carbocycles. The van der Waals surface area contributed by atoms with E-state index in [-0.39, 0.29) is 24.7 Å². The second kappa shape index (κ2) is 4.76. The van der Waals surface area contributed by atoms with E-state index in [1.165, 1.54) is 0 Å². The normalized spacial score (nSPS) is 39.3. The Balaban J connectivity index is 2.12. The molecule has 0 radical (unpaired) electrons. The maximum atomic E-state index is 11.5. The number of aliphatic hydroxyl groups excluding tert-OH is 1. The summed E-state index contributed by atoms with van der Waals surface area (Å²) in [6.45, 7) is 0.372. The summed E-state index contributed by atoms with van der Waals surface area (Å²) in [5.74, 6) is -2.02. The van der Waals surface area contributed by atoms with Crippen LogP contribution in [0.4, 0.5) is 0 Å². The zero-order valence-corrected chi connectivity index (χ0v) is 10.8. The standard InChI is InChI=1S/C10H17NO6S/c1-11(7-3-17-2-6(7)10(13)14)8-4-18(15,16)5-9(8)12/h6-9,12H,2-5H2,1H3,(H,13,14). The molecule has 8 heteroatoms. The molecule has 2 fully saturated rings. The van der Waals surface area contributed by atoms with Gasteiger partial charge < -0.3 is 14.9 Å². The lowest BCUT2D eigenvalue weighted by atomic mass is 10.0. The van der Waals surface area contributed by atoms with Crippen LogP contribution in [0.15, 0.2) is 0 Å². The largest absolute Gasteiger partial charge is 0.481 e. The van der Waals surface area contributed by atoms with Gasteiger partial charge in [0.15, 0.2) is 9.84 Å². The van der Waals surface area contributed by atoms with Crippen LogP contribution in [0.5, 0.6) is 0 Å². The van der Waals surface area contributed by atoms with Crippen LogP contribution < -0.4 is 0 Å². The Kier molecular flexibility index (Phi) is 3.63. The van der Waals surface area contributed by atoms with Gasteiger partial charge in [-0.25, -0.2) is 8.42 Å². The van der Waals surface area contributed by atoms with E-state index in [1.807, 2.05) is 0 Å². The lowest BCUT2D eigenvalue weighted by Gasteiger charge is -2.32. The molecule has 4 unspecified atom stereocenters. The maximum Gasteiger partial charge on any atom is 0.310 e. The van der Waals surface area contributed by atoms with Crippen LogP contribution in [-0.2, 0) is 19.4 Å². The van der Waals surface area contributed by atoms with E-state index in [0.29, 0.717) is 0 Å². The summed E-state index contributed by atoms with van der Waals surface area (Å²) in [6, 6.07) is -0.945. The molecule has 2 saturated heterocycles. The van der Waals surface area contributed by atoms with Crippen LogP contribution in [-0.4, -0.2) is 79.5 Å². The number of aliphatic hydroxyl groups is 1. The Morgan fingerprint density at radius 2 is 1.94 bits per heavy atom. The summed E-state index contributed by atoms with van der Waals surface area (Å²) in [5.41, 5.74) is 0. The van der Waals surface area contributed by atoms with Crippen molar-refractivity contribution in [2.24, 2.45) is 5.92 Å². The van der Waals surface area contributed by atoms with Crippen LogP contribution in [0.2, 0.25) is 0 Å². The van der Waals surface area contributed by atoms with Crippen LogP contribution in [0.1, 0.15) is 0 Å². The average Bonchev–Trinajstić information content (AvgIpc) is 2.81. The molecule has 2 aliphatic rings. The fraction of sp³-hybridized carbons (Fsp3) is 0.900. The fourth-order valence-electron chi connectivity index (χ4n) is 2.63. The number of carboxylic acid groups (broad SMARTS) is 1. The van der Waals surface area contributed by atoms with E-state index in [1.54, 1.807) is 11.9 Å². The number of ether oxygens (including phenoxy) is 1. The van der Waals surface area contributed by atoms with Crippen LogP contribution in [0.3, 0.4) is 0 Å². The number of nitrogens with zero attached hydrogens (tertiary/aromatic N) is 1. The minimum atomic E-state index is -3.24. The molecule has 0 aromatic rings. The smallest absolute Gasteiger partial charge is 0.310 e. The summed E-state index contributed by atoms with van der Waals surface area (Å²) in [4.78, 5) is 12.7. The van der Waals surface area contributed by atoms with Crippen molar-refractivity contribution in [3.8, 4) is 0 Å². The van der Waals surface area contributed by atoms with E-state index < -0.39 is 39.9 Å². The van der Waals surface area contributed by atoms with E-state index >= 15 is 0 Å². The molecule has 2 N–H and O–H groups in total. The molecule has 0 amide bonds. The first-order chi connectivity index (χ1) is 8.32. The van der Waals surface area contributed by atoms with E-state index in [2.05, 4.69) is 0 Å². The monoisotopic (exact) mass is 279 g/mol. The second-order valence-corrected chi connectivity index (χ2v) is 7.08. The first-order valence-corrected chi connectivity index (χ1v) is 7.55. The van der Waals surface area contributed by atoms with Crippen LogP contribution >= 0.6 is 0 Å². The molecule has 0 aliphatic carbocycles. The predicted molar refractivity (Wildman–Crippen MR) is 61.9 cm³/mol. The average molecular weight is 279 g/mol. The second-order valence-electron chi connectivity index (χ2n) is 4.93. The topological polar surface area (TPSA) is 104 Å². The van der Waals surface area contributed by atoms with Gasteiger partial charge in [-0.1, -0.05) is 0 Å². The molecule has 0 aromatic heterocycles. The Hall–Kier alpha value is -0.700. The van der Waals surface area contributed by atoms with Crippen molar-refractivity contribution in [2.45, 2.75) is 18.2 Å². The third-order valence-electron chi connectivity index (χ3n) is 3.71. The van der Waals surface area contributed by atoms with E-state index in [0.717, 1.165) is 0 Å². The van der Waals surface area contributed by atoms with Crippen molar-refractivity contribution in [1.29, 1.82) is 0 Å². The number of carbonyl (C=O) groups is 1. The molecule has 0 spiro atoms. The molecule has 2 heterocycles. The highest BCUT2D eigenvalue weighted by Crippen LogP contribution is 2.25.